The van der Waals surface area contributed by atoms with Gasteiger partial charge in [0.25, 0.3) is 0 Å². The molecule has 0 saturated carbocycles. The van der Waals surface area contributed by atoms with Crippen LogP contribution >= 0.6 is 11.6 Å². The fraction of sp³-hybridized carbons (Fsp3) is 0.409. The Bertz CT molecular complexity index is 973. The number of piperidine rings is 1. The van der Waals surface area contributed by atoms with E-state index in [9.17, 15) is 13.2 Å². The van der Waals surface area contributed by atoms with E-state index in [1.165, 1.54) is 4.31 Å². The molecule has 2 unspecified atom stereocenters. The Balaban J connectivity index is 1.59. The number of carbonyl (C=O) groups is 1. The van der Waals surface area contributed by atoms with Gasteiger partial charge in [-0.3, -0.25) is 10.1 Å². The Morgan fingerprint density at radius 2 is 1.70 bits per heavy atom. The van der Waals surface area contributed by atoms with Gasteiger partial charge >= 0.3 is 0 Å². The van der Waals surface area contributed by atoms with Crippen LogP contribution in [0.1, 0.15) is 44.7 Å². The minimum Gasteiger partial charge on any atom is -0.325 e. The van der Waals surface area contributed by atoms with Crippen LogP contribution in [-0.2, 0) is 14.8 Å². The minimum atomic E-state index is -3.48. The maximum absolute atomic E-state index is 12.7. The van der Waals surface area contributed by atoms with Crippen LogP contribution in [0.25, 0.3) is 0 Å². The molecule has 1 heterocycles. The van der Waals surface area contributed by atoms with E-state index in [0.29, 0.717) is 23.8 Å². The second kappa shape index (κ2) is 9.92. The van der Waals surface area contributed by atoms with Crippen molar-refractivity contribution in [2.24, 2.45) is 0 Å². The lowest BCUT2D eigenvalue weighted by Crippen LogP contribution is -2.39. The van der Waals surface area contributed by atoms with Gasteiger partial charge in [0.2, 0.25) is 15.9 Å². The van der Waals surface area contributed by atoms with Crippen molar-refractivity contribution >= 4 is 33.2 Å². The van der Waals surface area contributed by atoms with Crippen molar-refractivity contribution in [2.45, 2.75) is 50.1 Å². The van der Waals surface area contributed by atoms with Gasteiger partial charge in [0, 0.05) is 29.8 Å². The van der Waals surface area contributed by atoms with Crippen molar-refractivity contribution < 1.29 is 13.2 Å². The number of hydrogen-bond donors (Lipinski definition) is 2. The van der Waals surface area contributed by atoms with Gasteiger partial charge in [-0.05, 0) is 68.7 Å². The molecule has 2 atom stereocenters. The summed E-state index contributed by atoms with van der Waals surface area (Å²) in [6.07, 6.45) is 2.86. The first-order valence-electron chi connectivity index (χ1n) is 10.2. The molecular weight excluding hydrogens is 422 g/mol. The molecule has 1 amide bonds. The number of sulfonamides is 1. The average molecular weight is 450 g/mol. The van der Waals surface area contributed by atoms with Crippen LogP contribution in [0.3, 0.4) is 0 Å². The van der Waals surface area contributed by atoms with E-state index in [0.717, 1.165) is 24.8 Å². The molecule has 1 aliphatic heterocycles. The fourth-order valence-electron chi connectivity index (χ4n) is 3.54. The van der Waals surface area contributed by atoms with Gasteiger partial charge in [-0.2, -0.15) is 4.31 Å². The predicted molar refractivity (Wildman–Crippen MR) is 120 cm³/mol. The molecule has 0 spiro atoms. The summed E-state index contributed by atoms with van der Waals surface area (Å²) in [6, 6.07) is 13.4. The van der Waals surface area contributed by atoms with Crippen molar-refractivity contribution in [2.75, 3.05) is 18.4 Å². The number of amides is 1. The first kappa shape index (κ1) is 22.7. The summed E-state index contributed by atoms with van der Waals surface area (Å²) in [7, 11) is -3.48. The molecular formula is C22H28ClN3O3S. The number of carbonyl (C=O) groups excluding carboxylic acids is 1. The molecule has 162 valence electrons. The number of rotatable bonds is 7. The van der Waals surface area contributed by atoms with Crippen LogP contribution < -0.4 is 10.6 Å². The van der Waals surface area contributed by atoms with Crippen LogP contribution in [0.2, 0.25) is 5.02 Å². The van der Waals surface area contributed by atoms with Gasteiger partial charge in [-0.15, -0.1) is 0 Å². The number of hydrogen-bond acceptors (Lipinski definition) is 4. The average Bonchev–Trinajstić information content (AvgIpc) is 2.74. The number of nitrogens with one attached hydrogen (secondary N) is 2. The zero-order chi connectivity index (χ0) is 21.7. The summed E-state index contributed by atoms with van der Waals surface area (Å²) < 4.78 is 27.0. The quantitative estimate of drug-likeness (QED) is 0.664. The fourth-order valence-corrected chi connectivity index (χ4v) is 5.25. The Kier molecular flexibility index (Phi) is 7.52. The van der Waals surface area contributed by atoms with E-state index in [2.05, 4.69) is 10.6 Å². The first-order valence-corrected chi connectivity index (χ1v) is 12.0. The third-order valence-corrected chi connectivity index (χ3v) is 7.46. The van der Waals surface area contributed by atoms with Crippen molar-refractivity contribution in [1.82, 2.24) is 9.62 Å². The summed E-state index contributed by atoms with van der Waals surface area (Å²) in [4.78, 5) is 12.8. The Morgan fingerprint density at radius 1 is 1.03 bits per heavy atom. The lowest BCUT2D eigenvalue weighted by atomic mass is 10.1. The molecule has 30 heavy (non-hydrogen) atoms. The second-order valence-electron chi connectivity index (χ2n) is 7.64. The summed E-state index contributed by atoms with van der Waals surface area (Å²) >= 11 is 6.04. The number of anilines is 1. The lowest BCUT2D eigenvalue weighted by molar-refractivity contribution is -0.117. The largest absolute Gasteiger partial charge is 0.325 e. The van der Waals surface area contributed by atoms with E-state index >= 15 is 0 Å². The molecule has 0 aromatic heterocycles. The molecule has 8 heteroatoms. The molecule has 2 aromatic rings. The van der Waals surface area contributed by atoms with Gasteiger partial charge in [-0.1, -0.05) is 30.2 Å². The van der Waals surface area contributed by atoms with Crippen LogP contribution in [0.4, 0.5) is 5.69 Å². The molecule has 0 aliphatic carbocycles. The monoisotopic (exact) mass is 449 g/mol. The normalized spacial score (nSPS) is 17.3. The first-order chi connectivity index (χ1) is 14.3. The summed E-state index contributed by atoms with van der Waals surface area (Å²) in [5.41, 5.74) is 1.55. The van der Waals surface area contributed by atoms with Crippen molar-refractivity contribution in [3.8, 4) is 0 Å². The van der Waals surface area contributed by atoms with Crippen LogP contribution in [-0.4, -0.2) is 37.8 Å². The Hall–Kier alpha value is -1.93. The lowest BCUT2D eigenvalue weighted by Gasteiger charge is -2.26. The molecule has 0 radical (unpaired) electrons. The van der Waals surface area contributed by atoms with Gasteiger partial charge in [-0.25, -0.2) is 8.42 Å². The topological polar surface area (TPSA) is 78.5 Å². The zero-order valence-electron chi connectivity index (χ0n) is 17.3. The Morgan fingerprint density at radius 3 is 2.33 bits per heavy atom. The van der Waals surface area contributed by atoms with E-state index < -0.39 is 16.1 Å². The highest BCUT2D eigenvalue weighted by Crippen LogP contribution is 2.22. The van der Waals surface area contributed by atoms with Crippen LogP contribution in [0.5, 0.6) is 0 Å². The summed E-state index contributed by atoms with van der Waals surface area (Å²) in [5, 5.41) is 6.73. The molecule has 0 bridgehead atoms. The van der Waals surface area contributed by atoms with Gasteiger partial charge in [0.1, 0.15) is 0 Å². The van der Waals surface area contributed by atoms with Crippen LogP contribution in [0, 0.1) is 0 Å². The smallest absolute Gasteiger partial charge is 0.243 e. The SMILES string of the molecule is CC(NC(C)c1cccc(Cl)c1)C(=O)Nc1ccc(S(=O)(=O)N2CCCCC2)cc1. The predicted octanol–water partition coefficient (Wildman–Crippen LogP) is 4.19. The molecule has 2 aromatic carbocycles. The summed E-state index contributed by atoms with van der Waals surface area (Å²) in [5.74, 6) is -0.199. The molecule has 3 rings (SSSR count). The van der Waals surface area contributed by atoms with Crippen molar-refractivity contribution in [3.05, 3.63) is 59.1 Å². The third-order valence-electron chi connectivity index (χ3n) is 5.32. The molecule has 2 N–H and O–H groups in total. The maximum atomic E-state index is 12.7. The van der Waals surface area contributed by atoms with Gasteiger partial charge in [0.15, 0.2) is 0 Å². The van der Waals surface area contributed by atoms with E-state index in [1.54, 1.807) is 31.2 Å². The highest BCUT2D eigenvalue weighted by atomic mass is 35.5. The number of halogens is 1. The summed E-state index contributed by atoms with van der Waals surface area (Å²) in [6.45, 7) is 4.88. The molecule has 6 nitrogen and oxygen atoms in total. The molecule has 1 fully saturated rings. The van der Waals surface area contributed by atoms with E-state index in [4.69, 9.17) is 11.6 Å². The van der Waals surface area contributed by atoms with Gasteiger partial charge in [0.05, 0.1) is 10.9 Å². The highest BCUT2D eigenvalue weighted by molar-refractivity contribution is 7.89. The number of nitrogens with zero attached hydrogens (tertiary/aromatic N) is 1. The number of benzene rings is 2. The van der Waals surface area contributed by atoms with Crippen LogP contribution in [0.15, 0.2) is 53.4 Å². The maximum Gasteiger partial charge on any atom is 0.243 e. The highest BCUT2D eigenvalue weighted by Gasteiger charge is 2.26. The molecule has 1 aliphatic rings. The second-order valence-corrected chi connectivity index (χ2v) is 10.0. The van der Waals surface area contributed by atoms with E-state index in [-0.39, 0.29) is 16.8 Å². The van der Waals surface area contributed by atoms with E-state index in [1.807, 2.05) is 31.2 Å². The van der Waals surface area contributed by atoms with Crippen molar-refractivity contribution in [1.29, 1.82) is 0 Å². The molecule has 1 saturated heterocycles. The van der Waals surface area contributed by atoms with Gasteiger partial charge < -0.3 is 5.32 Å². The zero-order valence-corrected chi connectivity index (χ0v) is 18.8. The standard InChI is InChI=1S/C22H28ClN3O3S/c1-16(18-7-6-8-19(23)15-18)24-17(2)22(27)25-20-9-11-21(12-10-20)30(28,29)26-13-4-3-5-14-26/h6-12,15-17,24H,3-5,13-14H2,1-2H3,(H,25,27). The van der Waals surface area contributed by atoms with Crippen molar-refractivity contribution in [3.63, 3.8) is 0 Å². The third kappa shape index (κ3) is 5.60. The minimum absolute atomic E-state index is 0.0542. The Labute approximate surface area is 183 Å².